The fraction of sp³-hybridized carbons (Fsp3) is 0.208. The lowest BCUT2D eigenvalue weighted by Gasteiger charge is -2.13. The number of aromatic nitrogens is 1. The van der Waals surface area contributed by atoms with E-state index in [1.54, 1.807) is 6.92 Å². The average Bonchev–Trinajstić information content (AvgIpc) is 2.69. The first kappa shape index (κ1) is 24.6. The summed E-state index contributed by atoms with van der Waals surface area (Å²) >= 11 is 6.10. The topological polar surface area (TPSA) is 36.1 Å². The maximum atomic E-state index is 13.7. The summed E-state index contributed by atoms with van der Waals surface area (Å²) in [5.74, 6) is 4.94. The molecule has 0 saturated heterocycles. The van der Waals surface area contributed by atoms with Crippen LogP contribution in [0.2, 0.25) is 5.02 Å². The van der Waals surface area contributed by atoms with Gasteiger partial charge in [0.25, 0.3) is 0 Å². The van der Waals surface area contributed by atoms with Crippen LogP contribution < -0.4 is 5.43 Å². The molecule has 3 nitrogen and oxygen atoms in total. The molecule has 2 aromatic carbocycles. The summed E-state index contributed by atoms with van der Waals surface area (Å²) in [4.78, 5) is 17.5. The van der Waals surface area contributed by atoms with E-state index in [1.165, 1.54) is 12.1 Å². The van der Waals surface area contributed by atoms with Crippen LogP contribution >= 0.6 is 24.0 Å². The van der Waals surface area contributed by atoms with Crippen LogP contribution in [0.15, 0.2) is 47.3 Å². The van der Waals surface area contributed by atoms with E-state index in [0.29, 0.717) is 29.9 Å². The predicted octanol–water partition coefficient (Wildman–Crippen LogP) is 5.50. The van der Waals surface area contributed by atoms with Gasteiger partial charge in [-0.1, -0.05) is 41.6 Å². The van der Waals surface area contributed by atoms with Gasteiger partial charge in [0.1, 0.15) is 16.7 Å². The van der Waals surface area contributed by atoms with Gasteiger partial charge in [0, 0.05) is 40.7 Å². The van der Waals surface area contributed by atoms with Crippen molar-refractivity contribution in [2.75, 3.05) is 13.6 Å². The van der Waals surface area contributed by atoms with Crippen molar-refractivity contribution in [1.29, 1.82) is 0 Å². The van der Waals surface area contributed by atoms with Gasteiger partial charge in [-0.25, -0.2) is 8.78 Å². The Morgan fingerprint density at radius 3 is 2.39 bits per heavy atom. The molecule has 1 aromatic heterocycles. The van der Waals surface area contributed by atoms with Crippen LogP contribution in [0.4, 0.5) is 8.78 Å². The summed E-state index contributed by atoms with van der Waals surface area (Å²) in [6, 6.07) is 10.9. The quantitative estimate of drug-likeness (QED) is 0.519. The second-order valence-corrected chi connectivity index (χ2v) is 7.56. The molecular formula is C24H22Cl2F2N2O. The lowest BCUT2D eigenvalue weighted by Crippen LogP contribution is -2.18. The largest absolute Gasteiger partial charge is 0.361 e. The minimum atomic E-state index is -0.591. The molecule has 0 bridgehead atoms. The van der Waals surface area contributed by atoms with Gasteiger partial charge in [0.15, 0.2) is 0 Å². The van der Waals surface area contributed by atoms with Crippen molar-refractivity contribution in [1.82, 2.24) is 9.88 Å². The van der Waals surface area contributed by atoms with Crippen molar-refractivity contribution in [2.45, 2.75) is 20.4 Å². The van der Waals surface area contributed by atoms with Gasteiger partial charge in [-0.15, -0.1) is 12.4 Å². The molecule has 0 unspecified atom stereocenters. The monoisotopic (exact) mass is 462 g/mol. The van der Waals surface area contributed by atoms with Gasteiger partial charge in [-0.2, -0.15) is 0 Å². The molecule has 0 aliphatic carbocycles. The van der Waals surface area contributed by atoms with E-state index in [1.807, 2.05) is 43.1 Å². The summed E-state index contributed by atoms with van der Waals surface area (Å²) in [5, 5.41) is 0.195. The first-order valence-corrected chi connectivity index (χ1v) is 9.75. The van der Waals surface area contributed by atoms with Crippen molar-refractivity contribution in [3.8, 4) is 23.0 Å². The van der Waals surface area contributed by atoms with Gasteiger partial charge in [-0.3, -0.25) is 9.69 Å². The number of rotatable bonds is 4. The fourth-order valence-corrected chi connectivity index (χ4v) is 3.33. The van der Waals surface area contributed by atoms with Crippen molar-refractivity contribution in [2.24, 2.45) is 0 Å². The number of pyridine rings is 1. The van der Waals surface area contributed by atoms with E-state index in [9.17, 15) is 13.6 Å². The molecule has 0 fully saturated rings. The number of nitrogens with one attached hydrogen (secondary N) is 1. The van der Waals surface area contributed by atoms with Crippen LogP contribution in [-0.2, 0) is 6.54 Å². The van der Waals surface area contributed by atoms with Gasteiger partial charge in [0.05, 0.1) is 6.54 Å². The minimum absolute atomic E-state index is 0. The highest BCUT2D eigenvalue weighted by atomic mass is 35.5. The molecule has 7 heteroatoms. The average molecular weight is 463 g/mol. The Bertz CT molecular complexity index is 1200. The molecule has 0 amide bonds. The maximum Gasteiger partial charge on any atom is 0.208 e. The number of benzene rings is 2. The molecule has 1 N–H and O–H groups in total. The number of aromatic amines is 1. The van der Waals surface area contributed by atoms with Crippen LogP contribution in [0.25, 0.3) is 11.1 Å². The van der Waals surface area contributed by atoms with Gasteiger partial charge >= 0.3 is 0 Å². The maximum absolute atomic E-state index is 13.7. The summed E-state index contributed by atoms with van der Waals surface area (Å²) in [6.07, 6.45) is 0. The third-order valence-corrected chi connectivity index (χ3v) is 5.17. The van der Waals surface area contributed by atoms with E-state index in [2.05, 4.69) is 16.8 Å². The number of hydrogen-bond donors (Lipinski definition) is 1. The van der Waals surface area contributed by atoms with Gasteiger partial charge in [0.2, 0.25) is 5.43 Å². The number of H-pyrrole nitrogens is 1. The zero-order chi connectivity index (χ0) is 21.8. The second kappa shape index (κ2) is 10.6. The highest BCUT2D eigenvalue weighted by molar-refractivity contribution is 6.31. The zero-order valence-electron chi connectivity index (χ0n) is 17.4. The molecule has 0 saturated carbocycles. The number of halogens is 4. The lowest BCUT2D eigenvalue weighted by molar-refractivity contribution is 0.360. The van der Waals surface area contributed by atoms with Crippen LogP contribution in [-0.4, -0.2) is 23.5 Å². The Labute approximate surface area is 191 Å². The Kier molecular flexibility index (Phi) is 8.41. The van der Waals surface area contributed by atoms with Gasteiger partial charge in [-0.05, 0) is 44.7 Å². The number of hydrogen-bond acceptors (Lipinski definition) is 2. The molecule has 162 valence electrons. The highest BCUT2D eigenvalue weighted by Gasteiger charge is 2.12. The van der Waals surface area contributed by atoms with Crippen LogP contribution in [0, 0.1) is 37.3 Å². The van der Waals surface area contributed by atoms with Crippen LogP contribution in [0.5, 0.6) is 0 Å². The summed E-state index contributed by atoms with van der Waals surface area (Å²) in [7, 11) is 1.82. The van der Waals surface area contributed by atoms with E-state index < -0.39 is 11.6 Å². The molecule has 0 aliphatic rings. The molecular weight excluding hydrogens is 441 g/mol. The molecule has 0 aliphatic heterocycles. The zero-order valence-corrected chi connectivity index (χ0v) is 18.9. The summed E-state index contributed by atoms with van der Waals surface area (Å²) in [6.45, 7) is 4.36. The van der Waals surface area contributed by atoms with Crippen molar-refractivity contribution in [3.63, 3.8) is 0 Å². The third-order valence-electron chi connectivity index (χ3n) is 4.72. The molecule has 0 spiro atoms. The predicted molar refractivity (Wildman–Crippen MR) is 124 cm³/mol. The highest BCUT2D eigenvalue weighted by Crippen LogP contribution is 2.22. The molecule has 0 atom stereocenters. The van der Waals surface area contributed by atoms with E-state index in [0.717, 1.165) is 22.9 Å². The molecule has 1 heterocycles. The summed E-state index contributed by atoms with van der Waals surface area (Å²) in [5.41, 5.74) is 3.75. The smallest absolute Gasteiger partial charge is 0.208 e. The third kappa shape index (κ3) is 5.95. The van der Waals surface area contributed by atoms with Crippen molar-refractivity contribution < 1.29 is 8.78 Å². The Morgan fingerprint density at radius 1 is 1.06 bits per heavy atom. The lowest BCUT2D eigenvalue weighted by atomic mass is 10.0. The molecule has 3 rings (SSSR count). The SMILES string of the molecule is Cc1[nH]c(C)c(-c2ccc(C#CCN(C)Cc3ccc(F)cc3F)cc2)c(=O)c1Cl.Cl. The standard InChI is InChI=1S/C24H21ClF2N2O.ClH/c1-15-22(24(30)23(25)16(2)28-15)18-8-6-17(7-9-18)5-4-12-29(3)14-19-10-11-20(26)13-21(19)27;/h6-11,13H,12,14H2,1-3H3,(H,28,30);1H. The van der Waals surface area contributed by atoms with E-state index in [-0.39, 0.29) is 22.9 Å². The molecule has 0 radical (unpaired) electrons. The minimum Gasteiger partial charge on any atom is -0.361 e. The second-order valence-electron chi connectivity index (χ2n) is 7.18. The van der Waals surface area contributed by atoms with Crippen molar-refractivity contribution >= 4 is 24.0 Å². The fourth-order valence-electron chi connectivity index (χ4n) is 3.19. The van der Waals surface area contributed by atoms with Crippen molar-refractivity contribution in [3.05, 3.63) is 91.9 Å². The Morgan fingerprint density at radius 2 is 1.74 bits per heavy atom. The summed E-state index contributed by atoms with van der Waals surface area (Å²) < 4.78 is 26.7. The van der Waals surface area contributed by atoms with Gasteiger partial charge < -0.3 is 4.98 Å². The van der Waals surface area contributed by atoms with E-state index in [4.69, 9.17) is 11.6 Å². The molecule has 3 aromatic rings. The Hall–Kier alpha value is -2.65. The van der Waals surface area contributed by atoms with E-state index >= 15 is 0 Å². The normalized spacial score (nSPS) is 10.4. The number of aryl methyl sites for hydroxylation is 2. The first-order chi connectivity index (χ1) is 14.3. The van der Waals surface area contributed by atoms with Crippen LogP contribution in [0.3, 0.4) is 0 Å². The Balaban J connectivity index is 0.00000341. The first-order valence-electron chi connectivity index (χ1n) is 9.37. The number of nitrogens with zero attached hydrogens (tertiary/aromatic N) is 1. The van der Waals surface area contributed by atoms with Crippen LogP contribution in [0.1, 0.15) is 22.5 Å². The molecule has 31 heavy (non-hydrogen) atoms.